The van der Waals surface area contributed by atoms with Crippen LogP contribution < -0.4 is 10.1 Å². The van der Waals surface area contributed by atoms with Crippen molar-refractivity contribution in [2.24, 2.45) is 0 Å². The summed E-state index contributed by atoms with van der Waals surface area (Å²) >= 11 is 0. The average molecular weight is 287 g/mol. The number of nitrogens with one attached hydrogen (secondary N) is 1. The Hall–Kier alpha value is -2.36. The van der Waals surface area contributed by atoms with Crippen LogP contribution in [0.25, 0.3) is 0 Å². The fourth-order valence-electron chi connectivity index (χ4n) is 2.13. The van der Waals surface area contributed by atoms with Crippen molar-refractivity contribution in [3.05, 3.63) is 65.5 Å². The van der Waals surface area contributed by atoms with E-state index in [1.165, 1.54) is 6.07 Å². The summed E-state index contributed by atoms with van der Waals surface area (Å²) in [6, 6.07) is 13.2. The zero-order valence-electron chi connectivity index (χ0n) is 12.3. The van der Waals surface area contributed by atoms with Crippen LogP contribution >= 0.6 is 0 Å². The van der Waals surface area contributed by atoms with E-state index in [1.807, 2.05) is 0 Å². The van der Waals surface area contributed by atoms with Crippen molar-refractivity contribution in [3.8, 4) is 5.75 Å². The molecule has 0 atom stereocenters. The lowest BCUT2D eigenvalue weighted by Crippen LogP contribution is -2.41. The third-order valence-electron chi connectivity index (χ3n) is 3.33. The minimum Gasteiger partial charge on any atom is -0.497 e. The quantitative estimate of drug-likeness (QED) is 0.934. The zero-order chi connectivity index (χ0) is 15.5. The van der Waals surface area contributed by atoms with Crippen LogP contribution in [0.15, 0.2) is 48.5 Å². The first kappa shape index (κ1) is 15.0. The molecule has 0 bridgehead atoms. The molecule has 0 spiro atoms. The summed E-state index contributed by atoms with van der Waals surface area (Å²) < 4.78 is 18.9. The van der Waals surface area contributed by atoms with Gasteiger partial charge in [0.05, 0.1) is 12.6 Å². The van der Waals surface area contributed by atoms with Crippen molar-refractivity contribution in [2.45, 2.75) is 19.4 Å². The van der Waals surface area contributed by atoms with E-state index in [0.29, 0.717) is 16.9 Å². The number of amides is 1. The summed E-state index contributed by atoms with van der Waals surface area (Å²) in [5.74, 6) is 0.0864. The van der Waals surface area contributed by atoms with Gasteiger partial charge in [-0.1, -0.05) is 18.2 Å². The molecule has 0 saturated carbocycles. The maximum atomic E-state index is 13.9. The molecule has 1 amide bonds. The topological polar surface area (TPSA) is 38.3 Å². The molecule has 110 valence electrons. The fourth-order valence-corrected chi connectivity index (χ4v) is 2.13. The molecule has 21 heavy (non-hydrogen) atoms. The predicted octanol–water partition coefficient (Wildman–Crippen LogP) is 3.50. The molecule has 0 saturated heterocycles. The highest BCUT2D eigenvalue weighted by Crippen LogP contribution is 2.23. The molecule has 0 aromatic heterocycles. The Morgan fingerprint density at radius 3 is 2.29 bits per heavy atom. The van der Waals surface area contributed by atoms with Crippen molar-refractivity contribution in [1.82, 2.24) is 5.32 Å². The van der Waals surface area contributed by atoms with Gasteiger partial charge < -0.3 is 10.1 Å². The molecule has 2 aromatic rings. The molecular formula is C17H18FNO2. The van der Waals surface area contributed by atoms with Crippen LogP contribution in [0.2, 0.25) is 0 Å². The van der Waals surface area contributed by atoms with Crippen LogP contribution in [-0.4, -0.2) is 13.0 Å². The highest BCUT2D eigenvalue weighted by atomic mass is 19.1. The van der Waals surface area contributed by atoms with E-state index in [9.17, 15) is 9.18 Å². The van der Waals surface area contributed by atoms with Crippen molar-refractivity contribution >= 4 is 5.91 Å². The molecule has 3 nitrogen and oxygen atoms in total. The van der Waals surface area contributed by atoms with Gasteiger partial charge in [-0.15, -0.1) is 0 Å². The summed E-state index contributed by atoms with van der Waals surface area (Å²) in [5, 5.41) is 2.85. The first-order valence-electron chi connectivity index (χ1n) is 6.65. The Bertz CT molecular complexity index is 635. The standard InChI is InChI=1S/C17H18FNO2/c1-17(2,14-6-4-5-7-15(14)18)19-16(20)12-8-10-13(21-3)11-9-12/h4-11H,1-3H3,(H,19,20). The minimum absolute atomic E-state index is 0.258. The first-order chi connectivity index (χ1) is 9.94. The summed E-state index contributed by atoms with van der Waals surface area (Å²) in [6.45, 7) is 3.54. The second kappa shape index (κ2) is 5.95. The van der Waals surface area contributed by atoms with E-state index in [1.54, 1.807) is 63.4 Å². The maximum Gasteiger partial charge on any atom is 0.251 e. The number of hydrogen-bond donors (Lipinski definition) is 1. The van der Waals surface area contributed by atoms with Gasteiger partial charge in [-0.3, -0.25) is 4.79 Å². The van der Waals surface area contributed by atoms with E-state index < -0.39 is 5.54 Å². The molecule has 1 N–H and O–H groups in total. The van der Waals surface area contributed by atoms with Gasteiger partial charge in [0.1, 0.15) is 11.6 Å². The number of benzene rings is 2. The number of carbonyl (C=O) groups excluding carboxylic acids is 1. The molecule has 0 aliphatic heterocycles. The van der Waals surface area contributed by atoms with Crippen LogP contribution in [0.4, 0.5) is 4.39 Å². The van der Waals surface area contributed by atoms with E-state index in [0.717, 1.165) is 0 Å². The molecule has 0 radical (unpaired) electrons. The second-order valence-electron chi connectivity index (χ2n) is 5.29. The smallest absolute Gasteiger partial charge is 0.251 e. The largest absolute Gasteiger partial charge is 0.497 e. The van der Waals surface area contributed by atoms with E-state index in [2.05, 4.69) is 5.32 Å². The molecule has 0 aliphatic carbocycles. The van der Waals surface area contributed by atoms with Gasteiger partial charge >= 0.3 is 0 Å². The summed E-state index contributed by atoms with van der Waals surface area (Å²) in [4.78, 5) is 12.3. The molecule has 0 fully saturated rings. The first-order valence-corrected chi connectivity index (χ1v) is 6.65. The molecule has 2 aromatic carbocycles. The van der Waals surface area contributed by atoms with Gasteiger partial charge in [0.2, 0.25) is 0 Å². The molecule has 2 rings (SSSR count). The molecular weight excluding hydrogens is 269 g/mol. The third-order valence-corrected chi connectivity index (χ3v) is 3.33. The second-order valence-corrected chi connectivity index (χ2v) is 5.29. The van der Waals surface area contributed by atoms with E-state index in [4.69, 9.17) is 4.74 Å². The monoisotopic (exact) mass is 287 g/mol. The van der Waals surface area contributed by atoms with Crippen molar-refractivity contribution in [1.29, 1.82) is 0 Å². The van der Waals surface area contributed by atoms with Crippen LogP contribution in [0, 0.1) is 5.82 Å². The minimum atomic E-state index is -0.803. The van der Waals surface area contributed by atoms with Crippen LogP contribution in [0.5, 0.6) is 5.75 Å². The Morgan fingerprint density at radius 2 is 1.71 bits per heavy atom. The SMILES string of the molecule is COc1ccc(C(=O)NC(C)(C)c2ccccc2F)cc1. The van der Waals surface area contributed by atoms with Crippen molar-refractivity contribution in [2.75, 3.05) is 7.11 Å². The van der Waals surface area contributed by atoms with Crippen molar-refractivity contribution < 1.29 is 13.9 Å². The molecule has 4 heteroatoms. The lowest BCUT2D eigenvalue weighted by atomic mass is 9.93. The van der Waals surface area contributed by atoms with Gasteiger partial charge in [0.15, 0.2) is 0 Å². The zero-order valence-corrected chi connectivity index (χ0v) is 12.3. The fraction of sp³-hybridized carbons (Fsp3) is 0.235. The third kappa shape index (κ3) is 3.40. The van der Waals surface area contributed by atoms with Crippen LogP contribution in [0.3, 0.4) is 0 Å². The lowest BCUT2D eigenvalue weighted by molar-refractivity contribution is 0.0911. The Balaban J connectivity index is 2.19. The van der Waals surface area contributed by atoms with E-state index in [-0.39, 0.29) is 11.7 Å². The van der Waals surface area contributed by atoms with Gasteiger partial charge in [-0.25, -0.2) is 4.39 Å². The average Bonchev–Trinajstić information content (AvgIpc) is 2.47. The number of hydrogen-bond acceptors (Lipinski definition) is 2. The summed E-state index contributed by atoms with van der Waals surface area (Å²) in [5.41, 5.74) is 0.148. The highest BCUT2D eigenvalue weighted by Gasteiger charge is 2.26. The summed E-state index contributed by atoms with van der Waals surface area (Å²) in [6.07, 6.45) is 0. The normalized spacial score (nSPS) is 11.0. The number of ether oxygens (including phenoxy) is 1. The van der Waals surface area contributed by atoms with Crippen molar-refractivity contribution in [3.63, 3.8) is 0 Å². The predicted molar refractivity (Wildman–Crippen MR) is 79.9 cm³/mol. The highest BCUT2D eigenvalue weighted by molar-refractivity contribution is 5.94. The number of methoxy groups -OCH3 is 1. The van der Waals surface area contributed by atoms with E-state index >= 15 is 0 Å². The van der Waals surface area contributed by atoms with Gasteiger partial charge in [0, 0.05) is 11.1 Å². The van der Waals surface area contributed by atoms with Gasteiger partial charge in [-0.05, 0) is 44.2 Å². The van der Waals surface area contributed by atoms with Gasteiger partial charge in [-0.2, -0.15) is 0 Å². The number of halogens is 1. The lowest BCUT2D eigenvalue weighted by Gasteiger charge is -2.27. The maximum absolute atomic E-state index is 13.9. The summed E-state index contributed by atoms with van der Waals surface area (Å²) in [7, 11) is 1.57. The van der Waals surface area contributed by atoms with Crippen LogP contribution in [-0.2, 0) is 5.54 Å². The molecule has 0 unspecified atom stereocenters. The van der Waals surface area contributed by atoms with Gasteiger partial charge in [0.25, 0.3) is 5.91 Å². The van der Waals surface area contributed by atoms with Crippen LogP contribution in [0.1, 0.15) is 29.8 Å². The Kier molecular flexibility index (Phi) is 4.26. The number of carbonyl (C=O) groups is 1. The molecule has 0 aliphatic rings. The molecule has 0 heterocycles. The Labute approximate surface area is 123 Å². The Morgan fingerprint density at radius 1 is 1.10 bits per heavy atom. The number of rotatable bonds is 4.